The predicted octanol–water partition coefficient (Wildman–Crippen LogP) is 2.58. The van der Waals surface area contributed by atoms with E-state index in [4.69, 9.17) is 4.74 Å². The Balaban J connectivity index is 1.66. The minimum atomic E-state index is -0.824. The number of carbonyl (C=O) groups excluding carboxylic acids is 3. The van der Waals surface area contributed by atoms with Gasteiger partial charge in [-0.25, -0.2) is 0 Å². The first-order valence-electron chi connectivity index (χ1n) is 9.39. The molecule has 26 heavy (non-hydrogen) atoms. The highest BCUT2D eigenvalue weighted by Gasteiger charge is 2.21. The molecule has 1 atom stereocenters. The number of esters is 1. The van der Waals surface area contributed by atoms with Gasteiger partial charge in [0.15, 0.2) is 6.10 Å². The first-order valence-corrected chi connectivity index (χ1v) is 9.39. The highest BCUT2D eigenvalue weighted by atomic mass is 16.5. The fraction of sp³-hybridized carbons (Fsp3) is 0.550. The van der Waals surface area contributed by atoms with Crippen molar-refractivity contribution < 1.29 is 19.1 Å². The number of rotatable bonds is 7. The summed E-state index contributed by atoms with van der Waals surface area (Å²) in [6.45, 7) is 1.75. The number of hydrogen-bond acceptors (Lipinski definition) is 4. The molecule has 0 bridgehead atoms. The van der Waals surface area contributed by atoms with E-state index in [1.807, 2.05) is 6.07 Å². The molecular formula is C20H28N2O4. The molecule has 6 heteroatoms. The lowest BCUT2D eigenvalue weighted by Gasteiger charge is -2.19. The Morgan fingerprint density at radius 3 is 2.38 bits per heavy atom. The van der Waals surface area contributed by atoms with E-state index in [-0.39, 0.29) is 30.8 Å². The van der Waals surface area contributed by atoms with Crippen molar-refractivity contribution in [2.24, 2.45) is 0 Å². The highest BCUT2D eigenvalue weighted by Crippen LogP contribution is 2.17. The van der Waals surface area contributed by atoms with Crippen LogP contribution in [0.1, 0.15) is 62.2 Å². The fourth-order valence-corrected chi connectivity index (χ4v) is 3.02. The fourth-order valence-electron chi connectivity index (χ4n) is 3.02. The number of carbonyl (C=O) groups is 3. The molecule has 0 saturated heterocycles. The zero-order chi connectivity index (χ0) is 18.8. The van der Waals surface area contributed by atoms with Crippen molar-refractivity contribution in [3.05, 3.63) is 35.9 Å². The second-order valence-electron chi connectivity index (χ2n) is 6.70. The highest BCUT2D eigenvalue weighted by molar-refractivity contribution is 5.94. The van der Waals surface area contributed by atoms with Gasteiger partial charge in [0.1, 0.15) is 0 Å². The molecule has 1 saturated carbocycles. The number of amides is 2. The second kappa shape index (κ2) is 10.6. The lowest BCUT2D eigenvalue weighted by Crippen LogP contribution is -2.42. The molecule has 0 spiro atoms. The van der Waals surface area contributed by atoms with Crippen LogP contribution in [0, 0.1) is 0 Å². The van der Waals surface area contributed by atoms with Crippen LogP contribution in [0.15, 0.2) is 30.3 Å². The van der Waals surface area contributed by atoms with Gasteiger partial charge in [0, 0.05) is 18.2 Å². The van der Waals surface area contributed by atoms with Crippen molar-refractivity contribution in [2.45, 2.75) is 64.0 Å². The summed E-state index contributed by atoms with van der Waals surface area (Å²) in [6.07, 6.45) is 5.85. The molecule has 1 aromatic rings. The lowest BCUT2D eigenvalue weighted by atomic mass is 10.1. The largest absolute Gasteiger partial charge is 0.452 e. The Labute approximate surface area is 154 Å². The molecule has 0 radical (unpaired) electrons. The smallest absolute Gasteiger partial charge is 0.308 e. The molecular weight excluding hydrogens is 332 g/mol. The average molecular weight is 360 g/mol. The normalized spacial score (nSPS) is 16.2. The summed E-state index contributed by atoms with van der Waals surface area (Å²) in [5.41, 5.74) is 0.539. The Hall–Kier alpha value is -2.37. The molecule has 0 aliphatic heterocycles. The van der Waals surface area contributed by atoms with Gasteiger partial charge in [-0.3, -0.25) is 14.4 Å². The molecule has 1 aliphatic carbocycles. The third kappa shape index (κ3) is 6.86. The molecule has 2 amide bonds. The van der Waals surface area contributed by atoms with Crippen LogP contribution in [0.25, 0.3) is 0 Å². The van der Waals surface area contributed by atoms with E-state index in [0.717, 1.165) is 25.7 Å². The second-order valence-corrected chi connectivity index (χ2v) is 6.70. The maximum absolute atomic E-state index is 12.2. The summed E-state index contributed by atoms with van der Waals surface area (Å²) in [6, 6.07) is 8.96. The summed E-state index contributed by atoms with van der Waals surface area (Å²) < 4.78 is 5.17. The number of ether oxygens (including phenoxy) is 1. The van der Waals surface area contributed by atoms with Crippen molar-refractivity contribution in [3.8, 4) is 0 Å². The van der Waals surface area contributed by atoms with Gasteiger partial charge in [0.05, 0.1) is 6.42 Å². The maximum Gasteiger partial charge on any atom is 0.308 e. The van der Waals surface area contributed by atoms with Gasteiger partial charge in [-0.1, -0.05) is 43.9 Å². The van der Waals surface area contributed by atoms with Crippen LogP contribution in [-0.2, 0) is 14.3 Å². The third-order valence-corrected chi connectivity index (χ3v) is 4.53. The molecule has 0 heterocycles. The van der Waals surface area contributed by atoms with Gasteiger partial charge < -0.3 is 15.4 Å². The molecule has 6 nitrogen and oxygen atoms in total. The molecule has 0 aromatic heterocycles. The van der Waals surface area contributed by atoms with Gasteiger partial charge in [-0.2, -0.15) is 0 Å². The Bertz CT molecular complexity index is 595. The van der Waals surface area contributed by atoms with Crippen LogP contribution < -0.4 is 10.6 Å². The number of hydrogen-bond donors (Lipinski definition) is 2. The number of nitrogens with one attached hydrogen (secondary N) is 2. The summed E-state index contributed by atoms with van der Waals surface area (Å²) in [5, 5.41) is 5.64. The van der Waals surface area contributed by atoms with E-state index in [9.17, 15) is 14.4 Å². The van der Waals surface area contributed by atoms with E-state index in [0.29, 0.717) is 5.56 Å². The summed E-state index contributed by atoms with van der Waals surface area (Å²) in [4.78, 5) is 35.9. The quantitative estimate of drug-likeness (QED) is 0.578. The van der Waals surface area contributed by atoms with E-state index >= 15 is 0 Å². The van der Waals surface area contributed by atoms with Crippen LogP contribution in [0.5, 0.6) is 0 Å². The van der Waals surface area contributed by atoms with Crippen LogP contribution in [-0.4, -0.2) is 36.5 Å². The van der Waals surface area contributed by atoms with Crippen molar-refractivity contribution in [1.82, 2.24) is 10.6 Å². The van der Waals surface area contributed by atoms with Crippen molar-refractivity contribution >= 4 is 17.8 Å². The van der Waals surface area contributed by atoms with Crippen molar-refractivity contribution in [1.29, 1.82) is 0 Å². The zero-order valence-electron chi connectivity index (χ0n) is 15.3. The van der Waals surface area contributed by atoms with E-state index in [1.54, 1.807) is 31.2 Å². The van der Waals surface area contributed by atoms with Gasteiger partial charge >= 0.3 is 5.97 Å². The van der Waals surface area contributed by atoms with Crippen LogP contribution in [0.3, 0.4) is 0 Å². The van der Waals surface area contributed by atoms with E-state index < -0.39 is 12.1 Å². The first-order chi connectivity index (χ1) is 12.6. The molecule has 1 aromatic carbocycles. The average Bonchev–Trinajstić information content (AvgIpc) is 2.91. The van der Waals surface area contributed by atoms with Crippen molar-refractivity contribution in [3.63, 3.8) is 0 Å². The lowest BCUT2D eigenvalue weighted by molar-refractivity contribution is -0.155. The Morgan fingerprint density at radius 1 is 1.08 bits per heavy atom. The molecule has 1 fully saturated rings. The molecule has 0 unspecified atom stereocenters. The van der Waals surface area contributed by atoms with Gasteiger partial charge in [-0.15, -0.1) is 0 Å². The Morgan fingerprint density at radius 2 is 1.73 bits per heavy atom. The topological polar surface area (TPSA) is 84.5 Å². The van der Waals surface area contributed by atoms with Crippen molar-refractivity contribution in [2.75, 3.05) is 6.54 Å². The molecule has 2 rings (SSSR count). The predicted molar refractivity (Wildman–Crippen MR) is 98.6 cm³/mol. The summed E-state index contributed by atoms with van der Waals surface area (Å²) in [5.74, 6) is -0.988. The minimum Gasteiger partial charge on any atom is -0.452 e. The number of benzene rings is 1. The summed E-state index contributed by atoms with van der Waals surface area (Å²) in [7, 11) is 0. The van der Waals surface area contributed by atoms with Gasteiger partial charge in [0.2, 0.25) is 0 Å². The summed E-state index contributed by atoms with van der Waals surface area (Å²) >= 11 is 0. The molecule has 2 N–H and O–H groups in total. The van der Waals surface area contributed by atoms with Crippen LogP contribution >= 0.6 is 0 Å². The first kappa shape index (κ1) is 19.9. The monoisotopic (exact) mass is 360 g/mol. The Kier molecular flexibility index (Phi) is 8.12. The maximum atomic E-state index is 12.2. The third-order valence-electron chi connectivity index (χ3n) is 4.53. The van der Waals surface area contributed by atoms with Crippen LogP contribution in [0.4, 0.5) is 0 Å². The minimum absolute atomic E-state index is 0.0274. The zero-order valence-corrected chi connectivity index (χ0v) is 15.3. The molecule has 142 valence electrons. The SMILES string of the molecule is C[C@@H](OC(=O)CCNC(=O)c1ccccc1)C(=O)NC1CCCCCC1. The van der Waals surface area contributed by atoms with E-state index in [1.165, 1.54) is 12.8 Å². The standard InChI is InChI=1S/C20H28N2O4/c1-15(19(24)22-17-11-7-2-3-8-12-17)26-18(23)13-14-21-20(25)16-9-5-4-6-10-16/h4-6,9-10,15,17H,2-3,7-8,11-14H2,1H3,(H,21,25)(H,22,24)/t15-/m1/s1. The van der Waals surface area contributed by atoms with E-state index in [2.05, 4.69) is 10.6 Å². The molecule has 1 aliphatic rings. The van der Waals surface area contributed by atoms with Gasteiger partial charge in [0.25, 0.3) is 11.8 Å². The van der Waals surface area contributed by atoms with Gasteiger partial charge in [-0.05, 0) is 31.9 Å². The van der Waals surface area contributed by atoms with Crippen LogP contribution in [0.2, 0.25) is 0 Å².